The molecule has 2 atom stereocenters. The molecular weight excluding hydrogens is 449 g/mol. The van der Waals surface area contributed by atoms with Gasteiger partial charge in [-0.25, -0.2) is 0 Å². The van der Waals surface area contributed by atoms with Gasteiger partial charge in [-0.15, -0.1) is 24.0 Å². The Kier molecular flexibility index (Phi) is 12.9. The molecule has 2 fully saturated rings. The summed E-state index contributed by atoms with van der Waals surface area (Å²) in [5, 5.41) is 7.11. The van der Waals surface area contributed by atoms with Crippen LogP contribution >= 0.6 is 24.0 Å². The lowest BCUT2D eigenvalue weighted by atomic mass is 10.1. The molecule has 0 aromatic heterocycles. The Bertz CT molecular complexity index is 409. The number of piperidine rings is 1. The predicted octanol–water partition coefficient (Wildman–Crippen LogP) is 3.54. The predicted molar refractivity (Wildman–Crippen MR) is 128 cm³/mol. The molecule has 2 heterocycles. The van der Waals surface area contributed by atoms with Gasteiger partial charge in [-0.2, -0.15) is 0 Å². The third-order valence-electron chi connectivity index (χ3n) is 5.89. The molecule has 5 nitrogen and oxygen atoms in total. The highest BCUT2D eigenvalue weighted by Gasteiger charge is 2.31. The number of guanidine groups is 1. The first-order valence-corrected chi connectivity index (χ1v) is 11.1. The van der Waals surface area contributed by atoms with E-state index in [9.17, 15) is 0 Å². The molecule has 0 aromatic carbocycles. The maximum absolute atomic E-state index is 4.83. The number of aliphatic imine (C=N–C) groups is 1. The van der Waals surface area contributed by atoms with Crippen molar-refractivity contribution in [3.8, 4) is 0 Å². The highest BCUT2D eigenvalue weighted by Crippen LogP contribution is 2.18. The molecule has 2 aliphatic rings. The van der Waals surface area contributed by atoms with E-state index in [-0.39, 0.29) is 24.0 Å². The zero-order chi connectivity index (χ0) is 18.8. The van der Waals surface area contributed by atoms with Crippen LogP contribution in [0.15, 0.2) is 4.99 Å². The summed E-state index contributed by atoms with van der Waals surface area (Å²) in [7, 11) is 0. The smallest absolute Gasteiger partial charge is 0.191 e. The van der Waals surface area contributed by atoms with Gasteiger partial charge in [0, 0.05) is 38.3 Å². The van der Waals surface area contributed by atoms with Crippen molar-refractivity contribution in [2.24, 2.45) is 10.9 Å². The van der Waals surface area contributed by atoms with Crippen LogP contribution in [0.4, 0.5) is 0 Å². The number of halogens is 1. The van der Waals surface area contributed by atoms with E-state index < -0.39 is 0 Å². The first-order chi connectivity index (χ1) is 12.6. The number of unbranched alkanes of at least 4 members (excludes halogenated alkanes) is 2. The van der Waals surface area contributed by atoms with Crippen molar-refractivity contribution in [2.75, 3.05) is 45.8 Å². The fourth-order valence-corrected chi connectivity index (χ4v) is 4.11. The lowest BCUT2D eigenvalue weighted by Gasteiger charge is -2.26. The second-order valence-electron chi connectivity index (χ2n) is 8.50. The number of hydrogen-bond acceptors (Lipinski definition) is 3. The van der Waals surface area contributed by atoms with Crippen LogP contribution in [0.1, 0.15) is 66.2 Å². The summed E-state index contributed by atoms with van der Waals surface area (Å²) < 4.78 is 0. The van der Waals surface area contributed by atoms with E-state index in [1.54, 1.807) is 0 Å². The Morgan fingerprint density at radius 2 is 1.81 bits per heavy atom. The normalized spacial score (nSPS) is 24.9. The molecule has 0 bridgehead atoms. The zero-order valence-corrected chi connectivity index (χ0v) is 20.5. The summed E-state index contributed by atoms with van der Waals surface area (Å²) in [6.45, 7) is 17.2. The van der Waals surface area contributed by atoms with Crippen molar-refractivity contribution in [1.29, 1.82) is 0 Å². The molecule has 2 unspecified atom stereocenters. The summed E-state index contributed by atoms with van der Waals surface area (Å²) in [5.41, 5.74) is 0. The molecule has 0 aliphatic carbocycles. The van der Waals surface area contributed by atoms with E-state index >= 15 is 0 Å². The molecule has 0 aromatic rings. The van der Waals surface area contributed by atoms with Crippen molar-refractivity contribution >= 4 is 29.9 Å². The lowest BCUT2D eigenvalue weighted by molar-refractivity contribution is 0.224. The standard InChI is InChI=1S/C21H43N5.HI/c1-5-22-21(24-20-17-26(18(2)3)16-19(20)4)23-12-8-6-9-13-25-14-10-7-11-15-25;/h18-20H,5-17H2,1-4H3,(H2,22,23,24);1H. The fraction of sp³-hybridized carbons (Fsp3) is 0.952. The van der Waals surface area contributed by atoms with Gasteiger partial charge in [-0.1, -0.05) is 19.8 Å². The minimum atomic E-state index is 0. The van der Waals surface area contributed by atoms with E-state index in [0.29, 0.717) is 18.0 Å². The average molecular weight is 494 g/mol. The van der Waals surface area contributed by atoms with Crippen molar-refractivity contribution in [3.05, 3.63) is 0 Å². The Hall–Kier alpha value is -0.0800. The maximum atomic E-state index is 4.83. The van der Waals surface area contributed by atoms with Crippen molar-refractivity contribution in [3.63, 3.8) is 0 Å². The lowest BCUT2D eigenvalue weighted by Crippen LogP contribution is -2.46. The summed E-state index contributed by atoms with van der Waals surface area (Å²) in [4.78, 5) is 10.0. The molecule has 2 aliphatic heterocycles. The summed E-state index contributed by atoms with van der Waals surface area (Å²) in [5.74, 6) is 1.68. The van der Waals surface area contributed by atoms with Crippen LogP contribution < -0.4 is 10.6 Å². The van der Waals surface area contributed by atoms with Gasteiger partial charge in [-0.3, -0.25) is 9.89 Å². The van der Waals surface area contributed by atoms with Crippen LogP contribution in [-0.2, 0) is 0 Å². The van der Waals surface area contributed by atoms with E-state index in [1.165, 1.54) is 64.7 Å². The van der Waals surface area contributed by atoms with Gasteiger partial charge in [0.1, 0.15) is 0 Å². The van der Waals surface area contributed by atoms with E-state index in [1.807, 2.05) is 0 Å². The van der Waals surface area contributed by atoms with Gasteiger partial charge in [0.25, 0.3) is 0 Å². The molecule has 6 heteroatoms. The molecule has 160 valence electrons. The first kappa shape index (κ1) is 25.0. The summed E-state index contributed by atoms with van der Waals surface area (Å²) >= 11 is 0. The largest absolute Gasteiger partial charge is 0.357 e. The molecule has 0 radical (unpaired) electrons. The van der Waals surface area contributed by atoms with Crippen LogP contribution in [-0.4, -0.2) is 73.7 Å². The van der Waals surface area contributed by atoms with Gasteiger partial charge in [-0.05, 0) is 72.0 Å². The number of nitrogens with zero attached hydrogens (tertiary/aromatic N) is 3. The second kappa shape index (κ2) is 14.0. The molecule has 0 amide bonds. The average Bonchev–Trinajstić information content (AvgIpc) is 3.00. The van der Waals surface area contributed by atoms with Crippen LogP contribution in [0.3, 0.4) is 0 Å². The SMILES string of the molecule is CCNC(=NCCCCCN1CCCCC1)NC1CN(C(C)C)CC1C.I. The molecule has 0 saturated carbocycles. The Morgan fingerprint density at radius 1 is 1.07 bits per heavy atom. The van der Waals surface area contributed by atoms with Gasteiger partial charge in [0.15, 0.2) is 5.96 Å². The molecule has 27 heavy (non-hydrogen) atoms. The monoisotopic (exact) mass is 493 g/mol. The van der Waals surface area contributed by atoms with Crippen molar-refractivity contribution in [2.45, 2.75) is 78.3 Å². The van der Waals surface area contributed by atoms with Crippen molar-refractivity contribution < 1.29 is 0 Å². The maximum Gasteiger partial charge on any atom is 0.191 e. The van der Waals surface area contributed by atoms with Gasteiger partial charge >= 0.3 is 0 Å². The molecule has 0 spiro atoms. The van der Waals surface area contributed by atoms with E-state index in [0.717, 1.165) is 25.6 Å². The third kappa shape index (κ3) is 9.31. The van der Waals surface area contributed by atoms with E-state index in [4.69, 9.17) is 4.99 Å². The van der Waals surface area contributed by atoms with Crippen LogP contribution in [0.5, 0.6) is 0 Å². The third-order valence-corrected chi connectivity index (χ3v) is 5.89. The minimum Gasteiger partial charge on any atom is -0.357 e. The number of hydrogen-bond donors (Lipinski definition) is 2. The van der Waals surface area contributed by atoms with E-state index in [2.05, 4.69) is 48.1 Å². The van der Waals surface area contributed by atoms with Crippen LogP contribution in [0.25, 0.3) is 0 Å². The van der Waals surface area contributed by atoms with Gasteiger partial charge < -0.3 is 15.5 Å². The Balaban J connectivity index is 0.00000364. The number of rotatable bonds is 9. The van der Waals surface area contributed by atoms with Crippen molar-refractivity contribution in [1.82, 2.24) is 20.4 Å². The number of nitrogens with one attached hydrogen (secondary N) is 2. The first-order valence-electron chi connectivity index (χ1n) is 11.1. The number of likely N-dealkylation sites (tertiary alicyclic amines) is 2. The highest BCUT2D eigenvalue weighted by atomic mass is 127. The van der Waals surface area contributed by atoms with Crippen LogP contribution in [0, 0.1) is 5.92 Å². The molecule has 2 rings (SSSR count). The molecule has 2 N–H and O–H groups in total. The molecular formula is C21H44IN5. The molecule has 2 saturated heterocycles. The summed E-state index contributed by atoms with van der Waals surface area (Å²) in [6.07, 6.45) is 8.04. The van der Waals surface area contributed by atoms with Gasteiger partial charge in [0.2, 0.25) is 0 Å². The Morgan fingerprint density at radius 3 is 2.44 bits per heavy atom. The fourth-order valence-electron chi connectivity index (χ4n) is 4.11. The Labute approximate surface area is 185 Å². The highest BCUT2D eigenvalue weighted by molar-refractivity contribution is 14.0. The van der Waals surface area contributed by atoms with Gasteiger partial charge in [0.05, 0.1) is 0 Å². The minimum absolute atomic E-state index is 0. The zero-order valence-electron chi connectivity index (χ0n) is 18.2. The quantitative estimate of drug-likeness (QED) is 0.223. The topological polar surface area (TPSA) is 42.9 Å². The summed E-state index contributed by atoms with van der Waals surface area (Å²) in [6, 6.07) is 1.14. The second-order valence-corrected chi connectivity index (χ2v) is 8.50. The van der Waals surface area contributed by atoms with Crippen LogP contribution in [0.2, 0.25) is 0 Å².